The smallest absolute Gasteiger partial charge is 0.432 e. The summed E-state index contributed by atoms with van der Waals surface area (Å²) in [7, 11) is 0. The molecule has 1 amide bonds. The Bertz CT molecular complexity index is 516. The number of quaternary nitrogens is 1. The van der Waals surface area contributed by atoms with Gasteiger partial charge >= 0.3 is 6.09 Å². The number of hydrogen-bond donors (Lipinski definition) is 1. The molecule has 0 saturated carbocycles. The molecular formula is C13H15FNO2+. The Morgan fingerprint density at radius 2 is 1.88 bits per heavy atom. The normalized spacial score (nSPS) is 23.2. The van der Waals surface area contributed by atoms with Crippen molar-refractivity contribution in [2.24, 2.45) is 5.41 Å². The van der Waals surface area contributed by atoms with E-state index in [-0.39, 0.29) is 11.4 Å². The molecule has 1 aromatic carbocycles. The summed E-state index contributed by atoms with van der Waals surface area (Å²) in [5.74, 6) is 0. The molecule has 0 bridgehead atoms. The van der Waals surface area contributed by atoms with Crippen LogP contribution in [0.15, 0.2) is 30.0 Å². The van der Waals surface area contributed by atoms with E-state index < -0.39 is 16.2 Å². The molecular weight excluding hydrogens is 221 g/mol. The zero-order valence-corrected chi connectivity index (χ0v) is 10.1. The number of rotatable bonds is 0. The molecule has 1 atom stereocenters. The standard InChI is InChI=1S/C13H14FNO2/c1-13(2,3)11-8-9-6-4-5-7-10(9)15(11,14)12(16)17/h4-8H,1-3H3/p+1. The highest BCUT2D eigenvalue weighted by Crippen LogP contribution is 2.47. The Labute approximate surface area is 99.3 Å². The van der Waals surface area contributed by atoms with Crippen LogP contribution in [0.1, 0.15) is 26.3 Å². The van der Waals surface area contributed by atoms with E-state index >= 15 is 0 Å². The van der Waals surface area contributed by atoms with Gasteiger partial charge in [0.2, 0.25) is 0 Å². The van der Waals surface area contributed by atoms with Crippen LogP contribution in [0, 0.1) is 5.41 Å². The predicted octanol–water partition coefficient (Wildman–Crippen LogP) is 3.96. The van der Waals surface area contributed by atoms with Crippen LogP contribution in [-0.2, 0) is 0 Å². The van der Waals surface area contributed by atoms with Crippen LogP contribution in [0.25, 0.3) is 6.08 Å². The van der Waals surface area contributed by atoms with Gasteiger partial charge < -0.3 is 5.11 Å². The van der Waals surface area contributed by atoms with Crippen molar-refractivity contribution in [3.05, 3.63) is 35.5 Å². The topological polar surface area (TPSA) is 37.3 Å². The lowest BCUT2D eigenvalue weighted by molar-refractivity contribution is 0.0530. The third-order valence-corrected chi connectivity index (χ3v) is 2.92. The molecule has 3 nitrogen and oxygen atoms in total. The van der Waals surface area contributed by atoms with Crippen LogP contribution in [0.3, 0.4) is 0 Å². The van der Waals surface area contributed by atoms with Gasteiger partial charge in [0.1, 0.15) is 0 Å². The first-order valence-corrected chi connectivity index (χ1v) is 5.42. The van der Waals surface area contributed by atoms with Crippen molar-refractivity contribution in [2.75, 3.05) is 0 Å². The van der Waals surface area contributed by atoms with E-state index in [4.69, 9.17) is 0 Å². The number of halogens is 1. The Morgan fingerprint density at radius 1 is 1.29 bits per heavy atom. The number of fused-ring (bicyclic) bond motifs is 1. The van der Waals surface area contributed by atoms with Crippen molar-refractivity contribution in [3.8, 4) is 0 Å². The largest absolute Gasteiger partial charge is 0.563 e. The lowest BCUT2D eigenvalue weighted by atomic mass is 9.91. The van der Waals surface area contributed by atoms with Crippen LogP contribution < -0.4 is 4.71 Å². The maximum Gasteiger partial charge on any atom is 0.563 e. The third-order valence-electron chi connectivity index (χ3n) is 2.92. The molecule has 0 radical (unpaired) electrons. The average Bonchev–Trinajstić information content (AvgIpc) is 2.54. The lowest BCUT2D eigenvalue weighted by Gasteiger charge is -2.26. The quantitative estimate of drug-likeness (QED) is 0.692. The van der Waals surface area contributed by atoms with Gasteiger partial charge in [-0.15, -0.1) is 0 Å². The Kier molecular flexibility index (Phi) is 2.36. The molecule has 90 valence electrons. The van der Waals surface area contributed by atoms with Gasteiger partial charge in [0, 0.05) is 32.3 Å². The molecule has 1 unspecified atom stereocenters. The summed E-state index contributed by atoms with van der Waals surface area (Å²) in [6, 6.07) is 6.66. The zero-order chi connectivity index (χ0) is 12.8. The van der Waals surface area contributed by atoms with Gasteiger partial charge in [0.15, 0.2) is 11.4 Å². The molecule has 0 spiro atoms. The predicted molar refractivity (Wildman–Crippen MR) is 64.8 cm³/mol. The first-order chi connectivity index (χ1) is 7.78. The highest BCUT2D eigenvalue weighted by atomic mass is 19.2. The molecule has 1 aliphatic heterocycles. The molecule has 4 heteroatoms. The third kappa shape index (κ3) is 1.56. The summed E-state index contributed by atoms with van der Waals surface area (Å²) in [6.45, 7) is 5.42. The highest BCUT2D eigenvalue weighted by Gasteiger charge is 2.55. The summed E-state index contributed by atoms with van der Waals surface area (Å²) < 4.78 is 13.2. The summed E-state index contributed by atoms with van der Waals surface area (Å²) >= 11 is 0. The van der Waals surface area contributed by atoms with Crippen molar-refractivity contribution in [1.29, 1.82) is 0 Å². The fourth-order valence-corrected chi connectivity index (χ4v) is 2.14. The van der Waals surface area contributed by atoms with Gasteiger partial charge in [-0.05, 0) is 6.07 Å². The molecule has 1 N–H and O–H groups in total. The van der Waals surface area contributed by atoms with Crippen LogP contribution in [0.5, 0.6) is 0 Å². The van der Waals surface area contributed by atoms with E-state index in [2.05, 4.69) is 0 Å². The monoisotopic (exact) mass is 236 g/mol. The number of carboxylic acid groups (broad SMARTS) is 1. The van der Waals surface area contributed by atoms with Crippen molar-refractivity contribution in [2.45, 2.75) is 20.8 Å². The number of para-hydroxylation sites is 1. The fraction of sp³-hybridized carbons (Fsp3) is 0.308. The molecule has 2 rings (SSSR count). The molecule has 0 aromatic heterocycles. The van der Waals surface area contributed by atoms with E-state index in [1.807, 2.05) is 0 Å². The van der Waals surface area contributed by atoms with E-state index in [1.54, 1.807) is 45.0 Å². The van der Waals surface area contributed by atoms with Crippen LogP contribution in [0.4, 0.5) is 15.0 Å². The average molecular weight is 236 g/mol. The molecule has 1 aliphatic rings. The van der Waals surface area contributed by atoms with E-state index in [9.17, 15) is 14.4 Å². The van der Waals surface area contributed by atoms with E-state index in [0.717, 1.165) is 0 Å². The van der Waals surface area contributed by atoms with Gasteiger partial charge in [-0.25, -0.2) is 0 Å². The summed E-state index contributed by atoms with van der Waals surface area (Å²) in [6.07, 6.45) is 0.125. The maximum absolute atomic E-state index is 14.9. The van der Waals surface area contributed by atoms with Crippen molar-refractivity contribution in [1.82, 2.24) is 4.71 Å². The minimum absolute atomic E-state index is 0.171. The number of hydrogen-bond acceptors (Lipinski definition) is 1. The second kappa shape index (κ2) is 3.40. The first kappa shape index (κ1) is 11.8. The van der Waals surface area contributed by atoms with Crippen LogP contribution in [0.2, 0.25) is 0 Å². The van der Waals surface area contributed by atoms with Crippen LogP contribution >= 0.6 is 0 Å². The number of amides is 1. The molecule has 0 saturated heterocycles. The van der Waals surface area contributed by atoms with Gasteiger partial charge in [-0.3, -0.25) is 0 Å². The number of carbonyl (C=O) groups is 1. The molecule has 17 heavy (non-hydrogen) atoms. The number of nitrogens with zero attached hydrogens (tertiary/aromatic N) is 1. The molecule has 0 fully saturated rings. The van der Waals surface area contributed by atoms with Gasteiger partial charge in [-0.1, -0.05) is 32.9 Å². The summed E-state index contributed by atoms with van der Waals surface area (Å²) in [5, 5.41) is 9.21. The number of allylic oxidation sites excluding steroid dienone is 1. The number of benzene rings is 1. The SMILES string of the molecule is CC(C)(C)C1=Cc2ccccc2[N+]1(F)C(=O)O. The van der Waals surface area contributed by atoms with Crippen molar-refractivity contribution >= 4 is 17.9 Å². The molecule has 0 aliphatic carbocycles. The van der Waals surface area contributed by atoms with Gasteiger partial charge in [-0.2, -0.15) is 4.79 Å². The maximum atomic E-state index is 14.9. The lowest BCUT2D eigenvalue weighted by Crippen LogP contribution is -2.46. The summed E-state index contributed by atoms with van der Waals surface area (Å²) in [4.78, 5) is 11.3. The van der Waals surface area contributed by atoms with Crippen molar-refractivity contribution < 1.29 is 14.4 Å². The Hall–Kier alpha value is -1.68. The zero-order valence-electron chi connectivity index (χ0n) is 10.1. The second-order valence-electron chi connectivity index (χ2n) is 5.21. The van der Waals surface area contributed by atoms with Crippen molar-refractivity contribution in [3.63, 3.8) is 0 Å². The Morgan fingerprint density at radius 3 is 2.41 bits per heavy atom. The highest BCUT2D eigenvalue weighted by molar-refractivity contribution is 5.91. The van der Waals surface area contributed by atoms with Gasteiger partial charge in [0.25, 0.3) is 0 Å². The fourth-order valence-electron chi connectivity index (χ4n) is 2.14. The first-order valence-electron chi connectivity index (χ1n) is 5.42. The minimum atomic E-state index is -1.64. The van der Waals surface area contributed by atoms with E-state index in [1.165, 1.54) is 6.07 Å². The summed E-state index contributed by atoms with van der Waals surface area (Å²) in [5.41, 5.74) is 0.491. The minimum Gasteiger partial charge on any atom is -0.432 e. The Balaban J connectivity index is 2.70. The molecule has 1 aromatic rings. The second-order valence-corrected chi connectivity index (χ2v) is 5.21. The van der Waals surface area contributed by atoms with E-state index in [0.29, 0.717) is 5.56 Å². The van der Waals surface area contributed by atoms with Crippen LogP contribution in [-0.4, -0.2) is 11.2 Å². The van der Waals surface area contributed by atoms with Gasteiger partial charge in [0.05, 0.1) is 0 Å². The molecule has 1 heterocycles.